The Labute approximate surface area is 185 Å². The molecular weight excluding hydrogens is 416 g/mol. The molecule has 0 radical (unpaired) electrons. The summed E-state index contributed by atoms with van der Waals surface area (Å²) in [6.45, 7) is 2.08. The van der Waals surface area contributed by atoms with Gasteiger partial charge in [-0.3, -0.25) is 19.3 Å². The van der Waals surface area contributed by atoms with E-state index >= 15 is 0 Å². The number of methoxy groups -OCH3 is 2. The minimum absolute atomic E-state index is 0.0766. The second kappa shape index (κ2) is 10.1. The highest BCUT2D eigenvalue weighted by Crippen LogP contribution is 2.25. The van der Waals surface area contributed by atoms with E-state index in [1.165, 1.54) is 32.2 Å². The molecule has 3 rings (SSSR count). The van der Waals surface area contributed by atoms with Gasteiger partial charge in [0.05, 0.1) is 23.8 Å². The van der Waals surface area contributed by atoms with E-state index < -0.39 is 29.8 Å². The Morgan fingerprint density at radius 1 is 1.00 bits per heavy atom. The Morgan fingerprint density at radius 3 is 2.34 bits per heavy atom. The van der Waals surface area contributed by atoms with Crippen LogP contribution in [-0.4, -0.2) is 62.1 Å². The van der Waals surface area contributed by atoms with Gasteiger partial charge in [0.2, 0.25) is 0 Å². The van der Waals surface area contributed by atoms with Gasteiger partial charge >= 0.3 is 5.97 Å². The van der Waals surface area contributed by atoms with Crippen molar-refractivity contribution in [2.75, 3.05) is 32.7 Å². The van der Waals surface area contributed by atoms with Gasteiger partial charge in [0, 0.05) is 25.9 Å². The van der Waals surface area contributed by atoms with Crippen molar-refractivity contribution in [1.29, 1.82) is 0 Å². The molecule has 0 saturated carbocycles. The van der Waals surface area contributed by atoms with Gasteiger partial charge in [-0.2, -0.15) is 0 Å². The molecule has 2 aromatic carbocycles. The number of hydrogen-bond donors (Lipinski definition) is 1. The molecule has 9 nitrogen and oxygen atoms in total. The topological polar surface area (TPSA) is 111 Å². The standard InChI is InChI=1S/C23H24N2O7/c1-14(20(26)24-16-6-8-17(31-3)9-7-16)32-23(29)15-5-10-18-19(13-15)22(28)25(21(18)27)11-4-12-30-2/h5-10,13-14H,4,11-12H2,1-3H3,(H,24,26). The molecule has 0 aliphatic carbocycles. The first-order valence-corrected chi connectivity index (χ1v) is 10.0. The van der Waals surface area contributed by atoms with Gasteiger partial charge in [0.25, 0.3) is 17.7 Å². The summed E-state index contributed by atoms with van der Waals surface area (Å²) in [5.41, 5.74) is 0.966. The van der Waals surface area contributed by atoms with E-state index in [0.29, 0.717) is 24.5 Å². The van der Waals surface area contributed by atoms with Crippen molar-refractivity contribution in [1.82, 2.24) is 4.90 Å². The summed E-state index contributed by atoms with van der Waals surface area (Å²) in [7, 11) is 3.08. The zero-order chi connectivity index (χ0) is 23.3. The van der Waals surface area contributed by atoms with Crippen molar-refractivity contribution in [2.24, 2.45) is 0 Å². The normalized spacial score (nSPS) is 13.5. The lowest BCUT2D eigenvalue weighted by molar-refractivity contribution is -0.123. The van der Waals surface area contributed by atoms with Crippen LogP contribution in [0, 0.1) is 0 Å². The van der Waals surface area contributed by atoms with Crippen LogP contribution in [0.3, 0.4) is 0 Å². The van der Waals surface area contributed by atoms with Gasteiger partial charge in [-0.15, -0.1) is 0 Å². The SMILES string of the molecule is COCCCN1C(=O)c2ccc(C(=O)OC(C)C(=O)Nc3ccc(OC)cc3)cc2C1=O. The number of fused-ring (bicyclic) bond motifs is 1. The molecular formula is C23H24N2O7. The highest BCUT2D eigenvalue weighted by Gasteiger charge is 2.35. The molecule has 1 aliphatic rings. The van der Waals surface area contributed by atoms with Crippen LogP contribution < -0.4 is 10.1 Å². The predicted molar refractivity (Wildman–Crippen MR) is 115 cm³/mol. The monoisotopic (exact) mass is 440 g/mol. The molecule has 1 atom stereocenters. The third-order valence-corrected chi connectivity index (χ3v) is 4.95. The number of anilines is 1. The van der Waals surface area contributed by atoms with E-state index in [4.69, 9.17) is 14.2 Å². The maximum absolute atomic E-state index is 12.6. The van der Waals surface area contributed by atoms with Gasteiger partial charge in [0.15, 0.2) is 6.10 Å². The first-order valence-electron chi connectivity index (χ1n) is 10.0. The third-order valence-electron chi connectivity index (χ3n) is 4.95. The zero-order valence-corrected chi connectivity index (χ0v) is 18.0. The summed E-state index contributed by atoms with van der Waals surface area (Å²) in [6.07, 6.45) is -0.571. The van der Waals surface area contributed by atoms with Crippen molar-refractivity contribution >= 4 is 29.4 Å². The summed E-state index contributed by atoms with van der Waals surface area (Å²) >= 11 is 0. The predicted octanol–water partition coefficient (Wildman–Crippen LogP) is 2.51. The van der Waals surface area contributed by atoms with E-state index in [9.17, 15) is 19.2 Å². The number of carbonyl (C=O) groups excluding carboxylic acids is 4. The second-order valence-electron chi connectivity index (χ2n) is 7.13. The third kappa shape index (κ3) is 4.94. The van der Waals surface area contributed by atoms with Crippen LogP contribution in [0.4, 0.5) is 5.69 Å². The van der Waals surface area contributed by atoms with Crippen molar-refractivity contribution in [3.8, 4) is 5.75 Å². The lowest BCUT2D eigenvalue weighted by Gasteiger charge is -2.14. The fraction of sp³-hybridized carbons (Fsp3) is 0.304. The van der Waals surface area contributed by atoms with Crippen molar-refractivity contribution in [2.45, 2.75) is 19.4 Å². The molecule has 0 spiro atoms. The molecule has 1 heterocycles. The van der Waals surface area contributed by atoms with Crippen LogP contribution in [-0.2, 0) is 14.3 Å². The van der Waals surface area contributed by atoms with E-state index in [1.807, 2.05) is 0 Å². The molecule has 1 aliphatic heterocycles. The summed E-state index contributed by atoms with van der Waals surface area (Å²) in [5.74, 6) is -1.53. The molecule has 32 heavy (non-hydrogen) atoms. The molecule has 0 saturated heterocycles. The van der Waals surface area contributed by atoms with Crippen LogP contribution in [0.1, 0.15) is 44.4 Å². The molecule has 2 aromatic rings. The van der Waals surface area contributed by atoms with Gasteiger partial charge in [0.1, 0.15) is 5.75 Å². The molecule has 168 valence electrons. The lowest BCUT2D eigenvalue weighted by Crippen LogP contribution is -2.31. The van der Waals surface area contributed by atoms with Crippen molar-refractivity contribution in [3.05, 3.63) is 59.2 Å². The fourth-order valence-corrected chi connectivity index (χ4v) is 3.19. The highest BCUT2D eigenvalue weighted by atomic mass is 16.5. The van der Waals surface area contributed by atoms with Crippen LogP contribution in [0.5, 0.6) is 5.75 Å². The van der Waals surface area contributed by atoms with Crippen molar-refractivity contribution in [3.63, 3.8) is 0 Å². The summed E-state index contributed by atoms with van der Waals surface area (Å²) in [6, 6.07) is 10.8. The summed E-state index contributed by atoms with van der Waals surface area (Å²) < 4.78 is 15.3. The van der Waals surface area contributed by atoms with Crippen LogP contribution in [0.25, 0.3) is 0 Å². The molecule has 3 amide bonds. The maximum atomic E-state index is 12.6. The van der Waals surface area contributed by atoms with Gasteiger partial charge in [-0.25, -0.2) is 4.79 Å². The fourth-order valence-electron chi connectivity index (χ4n) is 3.19. The van der Waals surface area contributed by atoms with Crippen LogP contribution >= 0.6 is 0 Å². The van der Waals surface area contributed by atoms with Crippen LogP contribution in [0.2, 0.25) is 0 Å². The first kappa shape index (κ1) is 23.0. The number of ether oxygens (including phenoxy) is 3. The Balaban J connectivity index is 1.64. The van der Waals surface area contributed by atoms with Crippen molar-refractivity contribution < 1.29 is 33.4 Å². The molecule has 0 fully saturated rings. The molecule has 0 aromatic heterocycles. The van der Waals surface area contributed by atoms with E-state index in [0.717, 1.165) is 4.90 Å². The maximum Gasteiger partial charge on any atom is 0.338 e. The number of hydrogen-bond acceptors (Lipinski definition) is 7. The number of benzene rings is 2. The Kier molecular flexibility index (Phi) is 7.21. The molecule has 1 N–H and O–H groups in total. The molecule has 0 bridgehead atoms. The lowest BCUT2D eigenvalue weighted by atomic mass is 10.1. The van der Waals surface area contributed by atoms with E-state index in [2.05, 4.69) is 5.32 Å². The summed E-state index contributed by atoms with van der Waals surface area (Å²) in [4.78, 5) is 51.1. The number of rotatable bonds is 9. The largest absolute Gasteiger partial charge is 0.497 e. The Hall–Kier alpha value is -3.72. The van der Waals surface area contributed by atoms with Gasteiger partial charge < -0.3 is 19.5 Å². The quantitative estimate of drug-likeness (QED) is 0.362. The minimum atomic E-state index is -1.08. The number of amides is 3. The highest BCUT2D eigenvalue weighted by molar-refractivity contribution is 6.22. The van der Waals surface area contributed by atoms with E-state index in [-0.39, 0.29) is 23.2 Å². The average Bonchev–Trinajstić information content (AvgIpc) is 3.03. The number of esters is 1. The Morgan fingerprint density at radius 2 is 1.69 bits per heavy atom. The first-order chi connectivity index (χ1) is 15.3. The minimum Gasteiger partial charge on any atom is -0.497 e. The number of nitrogens with zero attached hydrogens (tertiary/aromatic N) is 1. The zero-order valence-electron chi connectivity index (χ0n) is 18.0. The van der Waals surface area contributed by atoms with Crippen LogP contribution in [0.15, 0.2) is 42.5 Å². The Bertz CT molecular complexity index is 1030. The number of nitrogens with one attached hydrogen (secondary N) is 1. The molecule has 9 heteroatoms. The number of carbonyl (C=O) groups is 4. The smallest absolute Gasteiger partial charge is 0.338 e. The van der Waals surface area contributed by atoms with E-state index in [1.54, 1.807) is 31.4 Å². The van der Waals surface area contributed by atoms with Gasteiger partial charge in [-0.05, 0) is 55.8 Å². The number of imide groups is 1. The average molecular weight is 440 g/mol. The van der Waals surface area contributed by atoms with Gasteiger partial charge in [-0.1, -0.05) is 0 Å². The molecule has 1 unspecified atom stereocenters. The summed E-state index contributed by atoms with van der Waals surface area (Å²) in [5, 5.41) is 2.65. The second-order valence-corrected chi connectivity index (χ2v) is 7.13.